The molecular formula is C11H20N2S. The highest BCUT2D eigenvalue weighted by Gasteiger charge is 2.22. The molecule has 1 N–H and O–H groups in total. The van der Waals surface area contributed by atoms with Crippen LogP contribution in [-0.4, -0.2) is 11.5 Å². The van der Waals surface area contributed by atoms with E-state index in [1.54, 1.807) is 11.3 Å². The number of nitrogens with one attached hydrogen (secondary N) is 1. The van der Waals surface area contributed by atoms with E-state index < -0.39 is 0 Å². The Morgan fingerprint density at radius 2 is 2.14 bits per heavy atom. The number of rotatable bonds is 4. The third-order valence-corrected chi connectivity index (χ3v) is 3.80. The van der Waals surface area contributed by atoms with Crippen molar-refractivity contribution in [3.63, 3.8) is 0 Å². The minimum absolute atomic E-state index is 0.319. The van der Waals surface area contributed by atoms with E-state index in [1.807, 2.05) is 6.92 Å². The Hall–Kier alpha value is -0.570. The summed E-state index contributed by atoms with van der Waals surface area (Å²) in [6.07, 6.45) is 0. The second-order valence-corrected chi connectivity index (χ2v) is 5.65. The Kier molecular flexibility index (Phi) is 3.53. The monoisotopic (exact) mass is 212 g/mol. The average molecular weight is 212 g/mol. The first-order chi connectivity index (χ1) is 6.42. The fraction of sp³-hybridized carbons (Fsp3) is 0.727. The molecule has 0 radical (unpaired) electrons. The molecule has 0 atom stereocenters. The lowest BCUT2D eigenvalue weighted by Crippen LogP contribution is -2.28. The van der Waals surface area contributed by atoms with Crippen LogP contribution in [0.15, 0.2) is 5.38 Å². The summed E-state index contributed by atoms with van der Waals surface area (Å²) < 4.78 is 0. The number of aryl methyl sites for hydroxylation is 1. The first-order valence-corrected chi connectivity index (χ1v) is 5.96. The van der Waals surface area contributed by atoms with Gasteiger partial charge in [0.2, 0.25) is 0 Å². The van der Waals surface area contributed by atoms with Crippen molar-refractivity contribution >= 4 is 16.5 Å². The molecule has 0 unspecified atom stereocenters. The van der Waals surface area contributed by atoms with Gasteiger partial charge in [0.25, 0.3) is 0 Å². The highest BCUT2D eigenvalue weighted by molar-refractivity contribution is 7.13. The molecule has 80 valence electrons. The zero-order valence-corrected chi connectivity index (χ0v) is 10.5. The summed E-state index contributed by atoms with van der Waals surface area (Å²) >= 11 is 1.68. The van der Waals surface area contributed by atoms with Gasteiger partial charge in [-0.05, 0) is 18.3 Å². The maximum atomic E-state index is 4.38. The lowest BCUT2D eigenvalue weighted by atomic mass is 9.81. The van der Waals surface area contributed by atoms with Gasteiger partial charge in [-0.2, -0.15) is 0 Å². The van der Waals surface area contributed by atoms with Crippen LogP contribution in [0.5, 0.6) is 0 Å². The highest BCUT2D eigenvalue weighted by atomic mass is 32.1. The number of hydrogen-bond acceptors (Lipinski definition) is 3. The van der Waals surface area contributed by atoms with E-state index in [-0.39, 0.29) is 0 Å². The Bertz CT molecular complexity index is 289. The van der Waals surface area contributed by atoms with E-state index in [0.29, 0.717) is 11.3 Å². The number of hydrogen-bond donors (Lipinski definition) is 1. The molecule has 1 aromatic heterocycles. The van der Waals surface area contributed by atoms with Gasteiger partial charge in [0.1, 0.15) is 0 Å². The molecule has 0 aliphatic heterocycles. The Morgan fingerprint density at radius 3 is 2.57 bits per heavy atom. The molecule has 0 fully saturated rings. The van der Waals surface area contributed by atoms with Crippen molar-refractivity contribution in [1.29, 1.82) is 0 Å². The fourth-order valence-corrected chi connectivity index (χ4v) is 1.63. The van der Waals surface area contributed by atoms with Gasteiger partial charge in [-0.15, -0.1) is 11.3 Å². The molecule has 0 aliphatic rings. The van der Waals surface area contributed by atoms with Crippen molar-refractivity contribution in [2.75, 3.05) is 11.9 Å². The van der Waals surface area contributed by atoms with Crippen molar-refractivity contribution in [2.24, 2.45) is 11.3 Å². The molecule has 0 bridgehead atoms. The van der Waals surface area contributed by atoms with E-state index in [2.05, 4.69) is 43.4 Å². The second-order valence-electron chi connectivity index (χ2n) is 4.79. The van der Waals surface area contributed by atoms with Gasteiger partial charge in [0.05, 0.1) is 5.69 Å². The summed E-state index contributed by atoms with van der Waals surface area (Å²) in [4.78, 5) is 4.38. The minimum Gasteiger partial charge on any atom is -0.361 e. The zero-order chi connectivity index (χ0) is 10.8. The van der Waals surface area contributed by atoms with Crippen molar-refractivity contribution in [3.05, 3.63) is 11.1 Å². The van der Waals surface area contributed by atoms with Gasteiger partial charge in [-0.1, -0.05) is 27.7 Å². The molecule has 2 nitrogen and oxygen atoms in total. The van der Waals surface area contributed by atoms with E-state index in [4.69, 9.17) is 0 Å². The number of aromatic nitrogens is 1. The molecule has 14 heavy (non-hydrogen) atoms. The van der Waals surface area contributed by atoms with Crippen LogP contribution in [0, 0.1) is 18.3 Å². The number of thiazole rings is 1. The van der Waals surface area contributed by atoms with E-state index >= 15 is 0 Å². The smallest absolute Gasteiger partial charge is 0.182 e. The van der Waals surface area contributed by atoms with Gasteiger partial charge < -0.3 is 5.32 Å². The number of anilines is 1. The van der Waals surface area contributed by atoms with Gasteiger partial charge in [-0.25, -0.2) is 4.98 Å². The summed E-state index contributed by atoms with van der Waals surface area (Å²) in [5.74, 6) is 0.677. The molecule has 3 heteroatoms. The maximum absolute atomic E-state index is 4.38. The molecule has 1 heterocycles. The van der Waals surface area contributed by atoms with Crippen LogP contribution in [0.1, 0.15) is 33.4 Å². The Morgan fingerprint density at radius 1 is 1.50 bits per heavy atom. The van der Waals surface area contributed by atoms with E-state index in [9.17, 15) is 0 Å². The molecule has 0 saturated carbocycles. The lowest BCUT2D eigenvalue weighted by Gasteiger charge is -2.29. The third kappa shape index (κ3) is 2.98. The van der Waals surface area contributed by atoms with Crippen molar-refractivity contribution in [1.82, 2.24) is 4.98 Å². The normalized spacial score (nSPS) is 12.1. The molecular weight excluding hydrogens is 192 g/mol. The molecule has 0 aromatic carbocycles. The predicted molar refractivity (Wildman–Crippen MR) is 64.0 cm³/mol. The molecule has 0 amide bonds. The summed E-state index contributed by atoms with van der Waals surface area (Å²) in [5.41, 5.74) is 1.42. The zero-order valence-electron chi connectivity index (χ0n) is 9.72. The first-order valence-electron chi connectivity index (χ1n) is 5.08. The topological polar surface area (TPSA) is 24.9 Å². The summed E-state index contributed by atoms with van der Waals surface area (Å²) in [6.45, 7) is 12.1. The first kappa shape index (κ1) is 11.5. The van der Waals surface area contributed by atoms with Crippen LogP contribution in [0.25, 0.3) is 0 Å². The summed E-state index contributed by atoms with van der Waals surface area (Å²) in [5, 5.41) is 6.51. The van der Waals surface area contributed by atoms with Crippen molar-refractivity contribution < 1.29 is 0 Å². The van der Waals surface area contributed by atoms with E-state index in [0.717, 1.165) is 17.4 Å². The average Bonchev–Trinajstić information content (AvgIpc) is 2.48. The number of nitrogens with zero attached hydrogens (tertiary/aromatic N) is 1. The quantitative estimate of drug-likeness (QED) is 0.825. The van der Waals surface area contributed by atoms with Crippen LogP contribution < -0.4 is 5.32 Å². The predicted octanol–water partition coefficient (Wildman–Crippen LogP) is 3.55. The maximum Gasteiger partial charge on any atom is 0.182 e. The van der Waals surface area contributed by atoms with Gasteiger partial charge >= 0.3 is 0 Å². The third-order valence-electron chi connectivity index (χ3n) is 2.88. The van der Waals surface area contributed by atoms with Crippen LogP contribution in [0.4, 0.5) is 5.13 Å². The van der Waals surface area contributed by atoms with Crippen LogP contribution in [-0.2, 0) is 0 Å². The van der Waals surface area contributed by atoms with E-state index in [1.165, 1.54) is 0 Å². The fourth-order valence-electron chi connectivity index (χ4n) is 0.943. The van der Waals surface area contributed by atoms with Gasteiger partial charge in [0.15, 0.2) is 5.13 Å². The molecule has 1 aromatic rings. The van der Waals surface area contributed by atoms with Crippen LogP contribution in [0.3, 0.4) is 0 Å². The van der Waals surface area contributed by atoms with Gasteiger partial charge in [0, 0.05) is 11.9 Å². The van der Waals surface area contributed by atoms with Crippen LogP contribution in [0.2, 0.25) is 0 Å². The van der Waals surface area contributed by atoms with Gasteiger partial charge in [-0.3, -0.25) is 0 Å². The Balaban J connectivity index is 2.48. The molecule has 0 saturated heterocycles. The standard InChI is InChI=1S/C11H20N2S/c1-8(2)11(4,5)7-12-10-13-9(3)6-14-10/h6,8H,7H2,1-5H3,(H,12,13). The molecule has 1 rings (SSSR count). The second kappa shape index (κ2) is 4.30. The lowest BCUT2D eigenvalue weighted by molar-refractivity contribution is 0.269. The Labute approximate surface area is 90.8 Å². The minimum atomic E-state index is 0.319. The molecule has 0 spiro atoms. The highest BCUT2D eigenvalue weighted by Crippen LogP contribution is 2.27. The van der Waals surface area contributed by atoms with Crippen molar-refractivity contribution in [3.8, 4) is 0 Å². The van der Waals surface area contributed by atoms with Crippen molar-refractivity contribution in [2.45, 2.75) is 34.6 Å². The molecule has 0 aliphatic carbocycles. The summed E-state index contributed by atoms with van der Waals surface area (Å²) in [6, 6.07) is 0. The van der Waals surface area contributed by atoms with Crippen LogP contribution >= 0.6 is 11.3 Å². The largest absolute Gasteiger partial charge is 0.361 e. The SMILES string of the molecule is Cc1csc(NCC(C)(C)C(C)C)n1. The summed E-state index contributed by atoms with van der Waals surface area (Å²) in [7, 11) is 0.